The van der Waals surface area contributed by atoms with Gasteiger partial charge in [-0.1, -0.05) is 19.1 Å². The molecule has 2 N–H and O–H groups in total. The molecule has 2 atom stereocenters. The van der Waals surface area contributed by atoms with Crippen LogP contribution >= 0.6 is 0 Å². The zero-order valence-corrected chi connectivity index (χ0v) is 23.5. The maximum absolute atomic E-state index is 14.8. The molecule has 4 aromatic heterocycles. The number of carbonyl (C=O) groups excluding carboxylic acids is 1. The summed E-state index contributed by atoms with van der Waals surface area (Å²) in [4.78, 5) is 22.9. The Labute approximate surface area is 245 Å². The van der Waals surface area contributed by atoms with Gasteiger partial charge in [-0.3, -0.25) is 4.79 Å². The number of halogens is 1. The van der Waals surface area contributed by atoms with E-state index in [-0.39, 0.29) is 58.5 Å². The van der Waals surface area contributed by atoms with Crippen molar-refractivity contribution in [2.45, 2.75) is 39.3 Å². The molecule has 1 amide bonds. The highest BCUT2D eigenvalue weighted by Crippen LogP contribution is 2.39. The van der Waals surface area contributed by atoms with Gasteiger partial charge in [0.2, 0.25) is 5.91 Å². The quantitative estimate of drug-likeness (QED) is 0.278. The maximum atomic E-state index is 14.8. The van der Waals surface area contributed by atoms with Gasteiger partial charge in [-0.25, -0.2) is 18.9 Å². The zero-order chi connectivity index (χ0) is 32.3. The van der Waals surface area contributed by atoms with Gasteiger partial charge in [-0.2, -0.15) is 0 Å². The number of aliphatic hydroxyl groups is 1. The lowest BCUT2D eigenvalue weighted by Gasteiger charge is -2.20. The van der Waals surface area contributed by atoms with E-state index in [1.54, 1.807) is 37.4 Å². The minimum atomic E-state index is -2.62. The van der Waals surface area contributed by atoms with E-state index >= 15 is 0 Å². The van der Waals surface area contributed by atoms with Gasteiger partial charge >= 0.3 is 0 Å². The highest BCUT2D eigenvalue weighted by atomic mass is 19.1. The smallest absolute Gasteiger partial charge is 0.228 e. The number of pyridine rings is 2. The normalized spacial score (nSPS) is 17.9. The fraction of sp³-hybridized carbons (Fsp3) is 0.333. The van der Waals surface area contributed by atoms with Gasteiger partial charge in [0.1, 0.15) is 17.1 Å². The summed E-state index contributed by atoms with van der Waals surface area (Å²) < 4.78 is 46.4. The summed E-state index contributed by atoms with van der Waals surface area (Å²) in [6.45, 7) is 2.26. The Morgan fingerprint density at radius 3 is 2.71 bits per heavy atom. The van der Waals surface area contributed by atoms with Crippen molar-refractivity contribution in [3.63, 3.8) is 0 Å². The second kappa shape index (κ2) is 10.3. The van der Waals surface area contributed by atoms with Crippen molar-refractivity contribution in [1.82, 2.24) is 29.8 Å². The number of benzene rings is 1. The van der Waals surface area contributed by atoms with E-state index in [2.05, 4.69) is 30.6 Å². The molecular weight excluding hydrogens is 539 g/mol. The van der Waals surface area contributed by atoms with Crippen LogP contribution in [-0.4, -0.2) is 54.9 Å². The van der Waals surface area contributed by atoms with Crippen LogP contribution in [0.2, 0.25) is 0 Å². The van der Waals surface area contributed by atoms with Crippen LogP contribution in [0.3, 0.4) is 0 Å². The molecule has 1 aliphatic rings. The number of amides is 1. The first-order valence-corrected chi connectivity index (χ1v) is 13.4. The summed E-state index contributed by atoms with van der Waals surface area (Å²) in [5.74, 6) is 0.285. The molecule has 11 nitrogen and oxygen atoms in total. The molecule has 1 aromatic carbocycles. The van der Waals surface area contributed by atoms with Crippen LogP contribution in [0.25, 0.3) is 27.9 Å². The number of nitrogens with one attached hydrogen (secondary N) is 1. The van der Waals surface area contributed by atoms with Crippen LogP contribution in [0.1, 0.15) is 42.4 Å². The van der Waals surface area contributed by atoms with Gasteiger partial charge in [-0.05, 0) is 49.9 Å². The maximum Gasteiger partial charge on any atom is 0.228 e. The lowest BCUT2D eigenvalue weighted by molar-refractivity contribution is -0.117. The number of anilines is 2. The van der Waals surface area contributed by atoms with Crippen molar-refractivity contribution in [3.8, 4) is 17.1 Å². The number of fused-ring (bicyclic) bond motifs is 2. The van der Waals surface area contributed by atoms with E-state index in [4.69, 9.17) is 8.85 Å². The number of carbonyl (C=O) groups is 1. The summed E-state index contributed by atoms with van der Waals surface area (Å²) >= 11 is 0. The first-order chi connectivity index (χ1) is 21.2. The largest absolute Gasteiger partial charge is 0.497 e. The van der Waals surface area contributed by atoms with Crippen molar-refractivity contribution in [3.05, 3.63) is 65.7 Å². The third-order valence-corrected chi connectivity index (χ3v) is 7.39. The van der Waals surface area contributed by atoms with Crippen LogP contribution in [0.5, 0.6) is 5.75 Å². The Bertz CT molecular complexity index is 1930. The van der Waals surface area contributed by atoms with Crippen molar-refractivity contribution < 1.29 is 23.1 Å². The third-order valence-electron chi connectivity index (χ3n) is 7.39. The predicted molar refractivity (Wildman–Crippen MR) is 156 cm³/mol. The zero-order valence-electron chi connectivity index (χ0n) is 26.5. The van der Waals surface area contributed by atoms with Crippen molar-refractivity contribution in [2.75, 3.05) is 24.3 Å². The molecule has 0 bridgehead atoms. The van der Waals surface area contributed by atoms with E-state index in [1.807, 2.05) is 6.92 Å². The molecule has 0 radical (unpaired) electrons. The molecule has 1 aliphatic carbocycles. The molecule has 216 valence electrons. The van der Waals surface area contributed by atoms with Crippen LogP contribution in [0.15, 0.2) is 48.8 Å². The number of aromatic nitrogens is 6. The number of ether oxygens (including phenoxy) is 1. The number of methoxy groups -OCH3 is 1. The molecule has 12 heteroatoms. The first-order valence-electron chi connectivity index (χ1n) is 14.9. The molecule has 0 saturated heterocycles. The second-order valence-corrected chi connectivity index (χ2v) is 11.1. The summed E-state index contributed by atoms with van der Waals surface area (Å²) in [6, 6.07) is 9.73. The molecule has 1 fully saturated rings. The molecule has 42 heavy (non-hydrogen) atoms. The first kappa shape index (κ1) is 23.9. The lowest BCUT2D eigenvalue weighted by Crippen LogP contribution is -2.19. The monoisotopic (exact) mass is 573 g/mol. The second-order valence-electron chi connectivity index (χ2n) is 11.1. The highest BCUT2D eigenvalue weighted by Gasteiger charge is 2.39. The predicted octanol–water partition coefficient (Wildman–Crippen LogP) is 4.34. The molecule has 0 unspecified atom stereocenters. The SMILES string of the molecule is [2H]C([2H])([2H])N(Cc1ccc(OC)cc1)c1ncc(-c2nc3cc(F)c(C(C)(C)O)cn3n2)c2cc(NC(=O)[C@H]3C[C@H]3C)nnc12. The average molecular weight is 574 g/mol. The third kappa shape index (κ3) is 5.20. The van der Waals surface area contributed by atoms with E-state index in [0.29, 0.717) is 22.3 Å². The van der Waals surface area contributed by atoms with Gasteiger partial charge in [0.05, 0.1) is 12.7 Å². The Balaban J connectivity index is 1.49. The minimum absolute atomic E-state index is 0.0294. The Morgan fingerprint density at radius 1 is 1.29 bits per heavy atom. The number of nitrogens with zero attached hydrogens (tertiary/aromatic N) is 7. The Morgan fingerprint density at radius 2 is 2.05 bits per heavy atom. The van der Waals surface area contributed by atoms with Gasteiger partial charge in [0, 0.05) is 58.5 Å². The van der Waals surface area contributed by atoms with Gasteiger partial charge < -0.3 is 20.1 Å². The van der Waals surface area contributed by atoms with Crippen molar-refractivity contribution in [1.29, 1.82) is 0 Å². The van der Waals surface area contributed by atoms with E-state index in [9.17, 15) is 14.3 Å². The van der Waals surface area contributed by atoms with Gasteiger partial charge in [0.15, 0.2) is 23.1 Å². The summed E-state index contributed by atoms with van der Waals surface area (Å²) in [7, 11) is 1.54. The topological polar surface area (TPSA) is 131 Å². The standard InChI is InChI=1S/C30H31FN8O3/c1-16-10-19(16)29(40)33-24-11-20-21(27-34-25-12-23(31)22(30(2,3)41)15-39(25)37-27)13-32-28(26(20)36-35-24)38(4)14-17-6-8-18(42-5)9-7-17/h6-9,11-13,15-16,19,41H,10,14H2,1-5H3,(H,33,35,40)/t16-,19+/m1/s1/i4D3. The number of hydrogen-bond acceptors (Lipinski definition) is 9. The molecular formula is C30H31FN8O3. The molecule has 0 aliphatic heterocycles. The van der Waals surface area contributed by atoms with Crippen LogP contribution in [0.4, 0.5) is 16.0 Å². The molecule has 6 rings (SSSR count). The number of hydrogen-bond donors (Lipinski definition) is 2. The fourth-order valence-corrected chi connectivity index (χ4v) is 4.82. The average Bonchev–Trinajstić information content (AvgIpc) is 3.57. The highest BCUT2D eigenvalue weighted by molar-refractivity contribution is 6.01. The van der Waals surface area contributed by atoms with Crippen LogP contribution in [0, 0.1) is 17.7 Å². The molecule has 4 heterocycles. The van der Waals surface area contributed by atoms with E-state index < -0.39 is 18.4 Å². The van der Waals surface area contributed by atoms with Crippen molar-refractivity contribution >= 4 is 34.1 Å². The lowest BCUT2D eigenvalue weighted by atomic mass is 10.0. The van der Waals surface area contributed by atoms with E-state index in [0.717, 1.165) is 11.3 Å². The van der Waals surface area contributed by atoms with Crippen LogP contribution < -0.4 is 15.0 Å². The fourth-order valence-electron chi connectivity index (χ4n) is 4.82. The Hall–Kier alpha value is -4.71. The summed E-state index contributed by atoms with van der Waals surface area (Å²) in [5.41, 5.74) is -0.0886. The Kier molecular flexibility index (Phi) is 5.86. The summed E-state index contributed by atoms with van der Waals surface area (Å²) in [6.07, 6.45) is 3.56. The van der Waals surface area contributed by atoms with Gasteiger partial charge in [0.25, 0.3) is 0 Å². The minimum Gasteiger partial charge on any atom is -0.497 e. The molecule has 5 aromatic rings. The summed E-state index contributed by atoms with van der Waals surface area (Å²) in [5, 5.41) is 26.6. The molecule has 1 saturated carbocycles. The number of rotatable bonds is 8. The van der Waals surface area contributed by atoms with Crippen LogP contribution in [-0.2, 0) is 16.9 Å². The van der Waals surface area contributed by atoms with Gasteiger partial charge in [-0.15, -0.1) is 15.3 Å². The molecule has 0 spiro atoms. The van der Waals surface area contributed by atoms with E-state index in [1.165, 1.54) is 36.8 Å². The van der Waals surface area contributed by atoms with Crippen molar-refractivity contribution in [2.24, 2.45) is 11.8 Å².